The molecule has 6 nitrogen and oxygen atoms in total. The molecule has 0 aliphatic rings. The van der Waals surface area contributed by atoms with E-state index in [0.29, 0.717) is 5.82 Å². The van der Waals surface area contributed by atoms with E-state index in [9.17, 15) is 4.79 Å². The number of pyridine rings is 1. The summed E-state index contributed by atoms with van der Waals surface area (Å²) in [6.07, 6.45) is 3.06. The van der Waals surface area contributed by atoms with Crippen LogP contribution in [0.5, 0.6) is 0 Å². The summed E-state index contributed by atoms with van der Waals surface area (Å²) in [6, 6.07) is 3.57. The van der Waals surface area contributed by atoms with E-state index in [1.54, 1.807) is 12.3 Å². The van der Waals surface area contributed by atoms with Gasteiger partial charge in [0, 0.05) is 10.7 Å². The van der Waals surface area contributed by atoms with Gasteiger partial charge in [-0.05, 0) is 28.1 Å². The molecular weight excluding hydrogens is 288 g/mol. The van der Waals surface area contributed by atoms with Gasteiger partial charge >= 0.3 is 5.97 Å². The molecule has 2 aromatic rings. The van der Waals surface area contributed by atoms with Gasteiger partial charge < -0.3 is 10.5 Å². The Morgan fingerprint density at radius 2 is 2.24 bits per heavy atom. The van der Waals surface area contributed by atoms with Crippen molar-refractivity contribution in [2.24, 2.45) is 0 Å². The van der Waals surface area contributed by atoms with Crippen LogP contribution in [0.15, 0.2) is 29.1 Å². The average molecular weight is 297 g/mol. The lowest BCUT2D eigenvalue weighted by Crippen LogP contribution is -2.08. The van der Waals surface area contributed by atoms with Crippen molar-refractivity contribution < 1.29 is 9.53 Å². The summed E-state index contributed by atoms with van der Waals surface area (Å²) in [7, 11) is 1.28. The number of hydrogen-bond donors (Lipinski definition) is 1. The van der Waals surface area contributed by atoms with Crippen LogP contribution in [0.4, 0.5) is 5.82 Å². The summed E-state index contributed by atoms with van der Waals surface area (Å²) in [5.74, 6) is 0.207. The zero-order valence-corrected chi connectivity index (χ0v) is 10.5. The van der Waals surface area contributed by atoms with Crippen molar-refractivity contribution >= 4 is 27.7 Å². The highest BCUT2D eigenvalue weighted by molar-refractivity contribution is 9.10. The number of nitrogens with zero attached hydrogens (tertiary/aromatic N) is 3. The molecule has 0 fully saturated rings. The standard InChI is InChI=1S/C10H9BrN4O2/c1-17-10(16)8-9(12)15(5-14-8)7-3-2-6(11)4-13-7/h2-5H,12H2,1H3. The maximum Gasteiger partial charge on any atom is 0.360 e. The van der Waals surface area contributed by atoms with Crippen LogP contribution in [0.1, 0.15) is 10.5 Å². The normalized spacial score (nSPS) is 10.2. The van der Waals surface area contributed by atoms with Gasteiger partial charge in [-0.1, -0.05) is 0 Å². The monoisotopic (exact) mass is 296 g/mol. The van der Waals surface area contributed by atoms with E-state index in [1.807, 2.05) is 6.07 Å². The van der Waals surface area contributed by atoms with E-state index < -0.39 is 5.97 Å². The maximum atomic E-state index is 11.3. The Labute approximate surface area is 106 Å². The minimum atomic E-state index is -0.571. The van der Waals surface area contributed by atoms with Crippen molar-refractivity contribution in [1.82, 2.24) is 14.5 Å². The number of nitrogen functional groups attached to an aromatic ring is 1. The van der Waals surface area contributed by atoms with Crippen LogP contribution in [0, 0.1) is 0 Å². The topological polar surface area (TPSA) is 83.0 Å². The number of rotatable bonds is 2. The fraction of sp³-hybridized carbons (Fsp3) is 0.100. The number of hydrogen-bond acceptors (Lipinski definition) is 5. The molecule has 0 atom stereocenters. The third-order valence-corrected chi connectivity index (χ3v) is 2.61. The molecule has 0 amide bonds. The molecule has 0 spiro atoms. The molecule has 0 aromatic carbocycles. The lowest BCUT2D eigenvalue weighted by Gasteiger charge is -2.03. The van der Waals surface area contributed by atoms with Gasteiger partial charge in [-0.15, -0.1) is 0 Å². The van der Waals surface area contributed by atoms with E-state index in [-0.39, 0.29) is 11.5 Å². The lowest BCUT2D eigenvalue weighted by molar-refractivity contribution is 0.0596. The molecule has 0 saturated heterocycles. The molecule has 17 heavy (non-hydrogen) atoms. The highest BCUT2D eigenvalue weighted by Gasteiger charge is 2.17. The van der Waals surface area contributed by atoms with Crippen molar-refractivity contribution in [3.63, 3.8) is 0 Å². The van der Waals surface area contributed by atoms with Crippen LogP contribution in [0.25, 0.3) is 5.82 Å². The SMILES string of the molecule is COC(=O)c1ncn(-c2ccc(Br)cn2)c1N. The van der Waals surface area contributed by atoms with Gasteiger partial charge in [-0.3, -0.25) is 4.57 Å². The Hall–Kier alpha value is -1.89. The Bertz CT molecular complexity index is 550. The van der Waals surface area contributed by atoms with Crippen LogP contribution in [0.2, 0.25) is 0 Å². The zero-order chi connectivity index (χ0) is 12.4. The Kier molecular flexibility index (Phi) is 3.10. The molecule has 0 radical (unpaired) electrons. The molecular formula is C10H9BrN4O2. The predicted octanol–water partition coefficient (Wildman–Crippen LogP) is 1.40. The molecule has 0 unspecified atom stereocenters. The van der Waals surface area contributed by atoms with Crippen LogP contribution < -0.4 is 5.73 Å². The molecule has 0 aliphatic heterocycles. The van der Waals surface area contributed by atoms with Crippen molar-refractivity contribution in [1.29, 1.82) is 0 Å². The number of anilines is 1. The summed E-state index contributed by atoms with van der Waals surface area (Å²) < 4.78 is 6.93. The first-order valence-electron chi connectivity index (χ1n) is 4.66. The summed E-state index contributed by atoms with van der Waals surface area (Å²) in [5, 5.41) is 0. The first kappa shape index (κ1) is 11.6. The molecule has 0 saturated carbocycles. The lowest BCUT2D eigenvalue weighted by atomic mass is 10.4. The number of methoxy groups -OCH3 is 1. The van der Waals surface area contributed by atoms with Gasteiger partial charge in [0.1, 0.15) is 18.0 Å². The van der Waals surface area contributed by atoms with Gasteiger partial charge in [-0.2, -0.15) is 0 Å². The molecule has 88 valence electrons. The van der Waals surface area contributed by atoms with Crippen LogP contribution in [-0.2, 0) is 4.74 Å². The van der Waals surface area contributed by atoms with Gasteiger partial charge in [0.25, 0.3) is 0 Å². The largest absolute Gasteiger partial charge is 0.464 e. The van der Waals surface area contributed by atoms with E-state index >= 15 is 0 Å². The molecule has 2 N–H and O–H groups in total. The van der Waals surface area contributed by atoms with Crippen molar-refractivity contribution in [2.75, 3.05) is 12.8 Å². The van der Waals surface area contributed by atoms with Crippen molar-refractivity contribution in [3.05, 3.63) is 34.8 Å². The number of halogens is 1. The molecule has 7 heteroatoms. The number of esters is 1. The minimum absolute atomic E-state index is 0.0808. The Morgan fingerprint density at radius 3 is 2.82 bits per heavy atom. The summed E-state index contributed by atoms with van der Waals surface area (Å²) in [4.78, 5) is 19.4. The average Bonchev–Trinajstić information content (AvgIpc) is 2.71. The molecule has 2 heterocycles. The second-order valence-corrected chi connectivity index (χ2v) is 4.09. The van der Waals surface area contributed by atoms with E-state index in [2.05, 4.69) is 30.6 Å². The molecule has 2 rings (SSSR count). The van der Waals surface area contributed by atoms with Gasteiger partial charge in [-0.25, -0.2) is 14.8 Å². The van der Waals surface area contributed by atoms with E-state index in [4.69, 9.17) is 5.73 Å². The number of carbonyl (C=O) groups is 1. The molecule has 2 aromatic heterocycles. The molecule has 0 aliphatic carbocycles. The first-order valence-corrected chi connectivity index (χ1v) is 5.46. The van der Waals surface area contributed by atoms with Crippen LogP contribution in [0.3, 0.4) is 0 Å². The fourth-order valence-corrected chi connectivity index (χ4v) is 1.54. The second kappa shape index (κ2) is 4.54. The van der Waals surface area contributed by atoms with Gasteiger partial charge in [0.15, 0.2) is 5.69 Å². The maximum absolute atomic E-state index is 11.3. The smallest absolute Gasteiger partial charge is 0.360 e. The molecule has 0 bridgehead atoms. The number of nitrogens with two attached hydrogens (primary N) is 1. The summed E-state index contributed by atoms with van der Waals surface area (Å²) in [6.45, 7) is 0. The number of imidazole rings is 1. The number of carbonyl (C=O) groups excluding carboxylic acids is 1. The third-order valence-electron chi connectivity index (χ3n) is 2.14. The zero-order valence-electron chi connectivity index (χ0n) is 8.92. The second-order valence-electron chi connectivity index (χ2n) is 3.17. The quantitative estimate of drug-likeness (QED) is 0.847. The van der Waals surface area contributed by atoms with E-state index in [1.165, 1.54) is 18.0 Å². The third kappa shape index (κ3) is 2.14. The van der Waals surface area contributed by atoms with E-state index in [0.717, 1.165) is 4.47 Å². The highest BCUT2D eigenvalue weighted by Crippen LogP contribution is 2.17. The van der Waals surface area contributed by atoms with Crippen molar-refractivity contribution in [3.8, 4) is 5.82 Å². The Morgan fingerprint density at radius 1 is 1.47 bits per heavy atom. The Balaban J connectivity index is 2.44. The number of aromatic nitrogens is 3. The van der Waals surface area contributed by atoms with Gasteiger partial charge in [0.05, 0.1) is 7.11 Å². The summed E-state index contributed by atoms with van der Waals surface area (Å²) in [5.41, 5.74) is 5.88. The van der Waals surface area contributed by atoms with Crippen LogP contribution >= 0.6 is 15.9 Å². The summed E-state index contributed by atoms with van der Waals surface area (Å²) >= 11 is 3.28. The van der Waals surface area contributed by atoms with Crippen LogP contribution in [-0.4, -0.2) is 27.6 Å². The van der Waals surface area contributed by atoms with Gasteiger partial charge in [0.2, 0.25) is 0 Å². The minimum Gasteiger partial charge on any atom is -0.464 e. The predicted molar refractivity (Wildman–Crippen MR) is 64.8 cm³/mol. The number of ether oxygens (including phenoxy) is 1. The van der Waals surface area contributed by atoms with Crippen molar-refractivity contribution in [2.45, 2.75) is 0 Å². The fourth-order valence-electron chi connectivity index (χ4n) is 1.30. The first-order chi connectivity index (χ1) is 8.13. The highest BCUT2D eigenvalue weighted by atomic mass is 79.9.